The molecule has 6 rings (SSSR count). The summed E-state index contributed by atoms with van der Waals surface area (Å²) in [5, 5.41) is 14.7. The lowest BCUT2D eigenvalue weighted by atomic mass is 9.96. The summed E-state index contributed by atoms with van der Waals surface area (Å²) in [6.07, 6.45) is 5.42. The number of fused-ring (bicyclic) bond motifs is 2. The average Bonchev–Trinajstić information content (AvgIpc) is 3.60. The number of halogens is 2. The van der Waals surface area contributed by atoms with E-state index in [-0.39, 0.29) is 28.6 Å². The van der Waals surface area contributed by atoms with Gasteiger partial charge in [0.25, 0.3) is 0 Å². The highest BCUT2D eigenvalue weighted by Crippen LogP contribution is 2.47. The van der Waals surface area contributed by atoms with Gasteiger partial charge >= 0.3 is 5.97 Å². The van der Waals surface area contributed by atoms with Crippen LogP contribution in [0.5, 0.6) is 0 Å². The predicted molar refractivity (Wildman–Crippen MR) is 143 cm³/mol. The van der Waals surface area contributed by atoms with E-state index in [4.69, 9.17) is 27.7 Å². The zero-order chi connectivity index (χ0) is 26.6. The Balaban J connectivity index is 1.23. The Labute approximate surface area is 231 Å². The molecule has 3 aromatic rings. The van der Waals surface area contributed by atoms with Crippen molar-refractivity contribution in [2.45, 2.75) is 74.0 Å². The topological polar surface area (TPSA) is 113 Å². The van der Waals surface area contributed by atoms with Gasteiger partial charge in [-0.3, -0.25) is 4.90 Å². The number of carboxylic acid groups (broad SMARTS) is 1. The zero-order valence-electron chi connectivity index (χ0n) is 20.4. The molecule has 3 aliphatic rings. The Morgan fingerprint density at radius 3 is 2.34 bits per heavy atom. The number of carbonyl (C=O) groups is 1. The first-order chi connectivity index (χ1) is 18.2. The van der Waals surface area contributed by atoms with Gasteiger partial charge in [0, 0.05) is 41.7 Å². The van der Waals surface area contributed by atoms with Gasteiger partial charge in [0.15, 0.2) is 0 Å². The van der Waals surface area contributed by atoms with Crippen LogP contribution in [0.2, 0.25) is 10.0 Å². The number of carboxylic acids is 1. The Morgan fingerprint density at radius 2 is 1.71 bits per heavy atom. The van der Waals surface area contributed by atoms with Crippen LogP contribution in [0.25, 0.3) is 11.3 Å². The number of aromatic nitrogens is 1. The van der Waals surface area contributed by atoms with E-state index in [0.29, 0.717) is 46.6 Å². The first kappa shape index (κ1) is 25.8. The third-order valence-corrected chi connectivity index (χ3v) is 10.1. The molecular formula is C27H27Cl2N3O5S. The van der Waals surface area contributed by atoms with Crippen molar-refractivity contribution < 1.29 is 22.8 Å². The lowest BCUT2D eigenvalue weighted by Gasteiger charge is -2.39. The molecule has 200 valence electrons. The monoisotopic (exact) mass is 575 g/mol. The van der Waals surface area contributed by atoms with E-state index < -0.39 is 16.0 Å². The van der Waals surface area contributed by atoms with Crippen LogP contribution in [0, 0.1) is 0 Å². The summed E-state index contributed by atoms with van der Waals surface area (Å²) in [7, 11) is -3.85. The number of sulfonamides is 1. The Hall–Kier alpha value is -2.43. The molecule has 1 aliphatic carbocycles. The summed E-state index contributed by atoms with van der Waals surface area (Å²) in [5.74, 6) is 0.0951. The summed E-state index contributed by atoms with van der Waals surface area (Å²) in [6.45, 7) is 0.641. The summed E-state index contributed by atoms with van der Waals surface area (Å²) in [6, 6.07) is 11.0. The van der Waals surface area contributed by atoms with Crippen LogP contribution >= 0.6 is 23.2 Å². The van der Waals surface area contributed by atoms with Crippen LogP contribution in [-0.4, -0.2) is 47.7 Å². The minimum atomic E-state index is -3.85. The second-order valence-electron chi connectivity index (χ2n) is 10.4. The molecule has 38 heavy (non-hydrogen) atoms. The molecule has 0 radical (unpaired) electrons. The second kappa shape index (κ2) is 9.95. The Bertz CT molecular complexity index is 1470. The number of nitrogens with zero attached hydrogens (tertiary/aromatic N) is 2. The van der Waals surface area contributed by atoms with Crippen LogP contribution in [0.15, 0.2) is 51.9 Å². The van der Waals surface area contributed by atoms with Gasteiger partial charge in [0.05, 0.1) is 20.5 Å². The lowest BCUT2D eigenvalue weighted by molar-refractivity contribution is 0.0696. The Kier molecular flexibility index (Phi) is 6.76. The molecule has 0 spiro atoms. The molecule has 8 nitrogen and oxygen atoms in total. The molecule has 2 aliphatic heterocycles. The number of hydrogen-bond acceptors (Lipinski definition) is 6. The number of hydrogen-bond donors (Lipinski definition) is 2. The van der Waals surface area contributed by atoms with Crippen LogP contribution in [0.4, 0.5) is 0 Å². The Morgan fingerprint density at radius 1 is 1.05 bits per heavy atom. The highest BCUT2D eigenvalue weighted by molar-refractivity contribution is 7.89. The van der Waals surface area contributed by atoms with Crippen molar-refractivity contribution >= 4 is 39.2 Å². The van der Waals surface area contributed by atoms with E-state index in [1.54, 1.807) is 18.2 Å². The van der Waals surface area contributed by atoms with E-state index in [9.17, 15) is 18.3 Å². The van der Waals surface area contributed by atoms with E-state index in [1.807, 2.05) is 0 Å². The standard InChI is InChI=1S/C27H27Cl2N3O5S/c28-22-5-2-6-23(29)24(22)25-21(26(37-30-25)15-7-8-15)14-32-18-9-10-19(32)13-17(12-18)31-38(35,36)20-4-1-3-16(11-20)27(33)34/h1-6,11,15,17-19,31H,7-10,12-14H2,(H,33,34). The van der Waals surface area contributed by atoms with Crippen LogP contribution < -0.4 is 4.72 Å². The fourth-order valence-electron chi connectivity index (χ4n) is 5.96. The van der Waals surface area contributed by atoms with Gasteiger partial charge in [0.1, 0.15) is 11.5 Å². The van der Waals surface area contributed by atoms with Gasteiger partial charge in [-0.15, -0.1) is 0 Å². The minimum Gasteiger partial charge on any atom is -0.478 e. The molecule has 1 aromatic heterocycles. The molecule has 2 N–H and O–H groups in total. The molecule has 0 amide bonds. The van der Waals surface area contributed by atoms with Crippen molar-refractivity contribution in [3.8, 4) is 11.3 Å². The highest BCUT2D eigenvalue weighted by Gasteiger charge is 2.43. The summed E-state index contributed by atoms with van der Waals surface area (Å²) in [4.78, 5) is 13.7. The number of benzene rings is 2. The first-order valence-electron chi connectivity index (χ1n) is 12.8. The summed E-state index contributed by atoms with van der Waals surface area (Å²) < 4.78 is 34.8. The molecule has 2 atom stereocenters. The second-order valence-corrected chi connectivity index (χ2v) is 13.0. The van der Waals surface area contributed by atoms with Crippen LogP contribution in [0.3, 0.4) is 0 Å². The SMILES string of the molecule is O=C(O)c1cccc(S(=O)(=O)NC2CC3CCC(C2)N3Cc2c(-c3c(Cl)cccc3Cl)noc2C2CC2)c1. The van der Waals surface area contributed by atoms with Crippen molar-refractivity contribution in [3.63, 3.8) is 0 Å². The molecule has 3 fully saturated rings. The van der Waals surface area contributed by atoms with Gasteiger partial charge in [-0.05, 0) is 68.9 Å². The smallest absolute Gasteiger partial charge is 0.335 e. The van der Waals surface area contributed by atoms with Crippen LogP contribution in [0.1, 0.15) is 66.1 Å². The van der Waals surface area contributed by atoms with Crippen molar-refractivity contribution in [1.82, 2.24) is 14.8 Å². The van der Waals surface area contributed by atoms with Gasteiger partial charge in [-0.1, -0.05) is 40.5 Å². The van der Waals surface area contributed by atoms with Gasteiger partial charge in [-0.25, -0.2) is 17.9 Å². The molecule has 2 saturated heterocycles. The van der Waals surface area contributed by atoms with Crippen molar-refractivity contribution in [2.75, 3.05) is 0 Å². The first-order valence-corrected chi connectivity index (χ1v) is 15.0. The van der Waals surface area contributed by atoms with Gasteiger partial charge in [-0.2, -0.15) is 0 Å². The van der Waals surface area contributed by atoms with Gasteiger partial charge < -0.3 is 9.63 Å². The van der Waals surface area contributed by atoms with E-state index in [0.717, 1.165) is 37.0 Å². The number of rotatable bonds is 8. The molecule has 2 bridgehead atoms. The predicted octanol–water partition coefficient (Wildman–Crippen LogP) is 5.70. The molecule has 2 aromatic carbocycles. The third kappa shape index (κ3) is 4.86. The largest absolute Gasteiger partial charge is 0.478 e. The normalized spacial score (nSPS) is 23.6. The fourth-order valence-corrected chi connectivity index (χ4v) is 7.84. The third-order valence-electron chi connectivity index (χ3n) is 7.90. The van der Waals surface area contributed by atoms with Crippen molar-refractivity contribution in [2.24, 2.45) is 0 Å². The average molecular weight is 577 g/mol. The van der Waals surface area contributed by atoms with E-state index in [1.165, 1.54) is 24.3 Å². The number of nitrogens with one attached hydrogen (secondary N) is 1. The maximum atomic E-state index is 13.1. The summed E-state index contributed by atoms with van der Waals surface area (Å²) >= 11 is 13.1. The maximum Gasteiger partial charge on any atom is 0.335 e. The number of aromatic carboxylic acids is 1. The molecule has 2 unspecified atom stereocenters. The van der Waals surface area contributed by atoms with E-state index >= 15 is 0 Å². The summed E-state index contributed by atoms with van der Waals surface area (Å²) in [5.41, 5.74) is 2.32. The molecular weight excluding hydrogens is 549 g/mol. The molecule has 1 saturated carbocycles. The zero-order valence-corrected chi connectivity index (χ0v) is 22.8. The number of piperidine rings is 1. The van der Waals surface area contributed by atoms with Crippen molar-refractivity contribution in [1.29, 1.82) is 0 Å². The molecule has 3 heterocycles. The maximum absolute atomic E-state index is 13.1. The minimum absolute atomic E-state index is 0.0352. The lowest BCUT2D eigenvalue weighted by Crippen LogP contribution is -2.50. The fraction of sp³-hybridized carbons (Fsp3) is 0.407. The van der Waals surface area contributed by atoms with Crippen LogP contribution in [-0.2, 0) is 16.6 Å². The highest BCUT2D eigenvalue weighted by atomic mass is 35.5. The molecule has 11 heteroatoms. The quantitative estimate of drug-likeness (QED) is 0.354. The van der Waals surface area contributed by atoms with Crippen molar-refractivity contribution in [3.05, 3.63) is 69.4 Å². The van der Waals surface area contributed by atoms with E-state index in [2.05, 4.69) is 14.8 Å². The van der Waals surface area contributed by atoms with Gasteiger partial charge in [0.2, 0.25) is 10.0 Å².